The number of nitrogen functional groups attached to an aromatic ring is 1. The van der Waals surface area contributed by atoms with Gasteiger partial charge in [0.05, 0.1) is 34.0 Å². The van der Waals surface area contributed by atoms with Crippen molar-refractivity contribution in [2.75, 3.05) is 24.2 Å². The van der Waals surface area contributed by atoms with Crippen LogP contribution in [0.5, 0.6) is 0 Å². The minimum atomic E-state index is -4.91. The molecule has 0 amide bonds. The smallest absolute Gasteiger partial charge is 0.296 e. The van der Waals surface area contributed by atoms with Crippen LogP contribution in [0.3, 0.4) is 0 Å². The molecule has 1 radical (unpaired) electrons. The number of fused-ring (bicyclic) bond motifs is 2. The summed E-state index contributed by atoms with van der Waals surface area (Å²) in [5, 5.41) is 11.9. The predicted molar refractivity (Wildman–Crippen MR) is 141 cm³/mol. The molecule has 195 valence electrons. The third-order valence-electron chi connectivity index (χ3n) is 6.07. The van der Waals surface area contributed by atoms with Crippen LogP contribution in [0, 0.1) is 13.8 Å². The fraction of sp³-hybridized carbons (Fsp3) is 0.167. The minimum absolute atomic E-state index is 0. The van der Waals surface area contributed by atoms with Gasteiger partial charge in [0.15, 0.2) is 11.6 Å². The van der Waals surface area contributed by atoms with E-state index in [2.05, 4.69) is 10.0 Å². The molecule has 0 fully saturated rings. The van der Waals surface area contributed by atoms with E-state index in [9.17, 15) is 31.0 Å². The number of benzene rings is 3. The van der Waals surface area contributed by atoms with Crippen molar-refractivity contribution >= 4 is 78.3 Å². The molecule has 0 atom stereocenters. The number of anilines is 3. The molecule has 0 saturated heterocycles. The van der Waals surface area contributed by atoms with Crippen molar-refractivity contribution in [3.05, 3.63) is 75.8 Å². The van der Waals surface area contributed by atoms with Crippen LogP contribution in [0.4, 0.5) is 17.1 Å². The zero-order valence-corrected chi connectivity index (χ0v) is 24.3. The normalized spacial score (nSPS) is 12.9. The van der Waals surface area contributed by atoms with Crippen LogP contribution in [0.2, 0.25) is 0 Å². The number of rotatable bonds is 7. The quantitative estimate of drug-likeness (QED) is 0.124. The van der Waals surface area contributed by atoms with Crippen molar-refractivity contribution in [1.29, 1.82) is 0 Å². The number of ketones is 2. The van der Waals surface area contributed by atoms with Gasteiger partial charge in [-0.1, -0.05) is 24.3 Å². The third kappa shape index (κ3) is 5.28. The van der Waals surface area contributed by atoms with E-state index in [1.807, 2.05) is 0 Å². The fourth-order valence-corrected chi connectivity index (χ4v) is 6.21. The Bertz CT molecular complexity index is 1700. The molecule has 3 aromatic rings. The van der Waals surface area contributed by atoms with Gasteiger partial charge in [-0.05, 0) is 43.2 Å². The van der Waals surface area contributed by atoms with Gasteiger partial charge in [-0.3, -0.25) is 14.1 Å². The second-order valence-electron chi connectivity index (χ2n) is 8.43. The number of aryl methyl sites for hydroxylation is 1. The van der Waals surface area contributed by atoms with E-state index < -0.39 is 48.9 Å². The number of sulfonamides is 1. The maximum atomic E-state index is 13.5. The Morgan fingerprint density at radius 3 is 2.03 bits per heavy atom. The molecule has 0 unspecified atom stereocenters. The molecule has 0 aliphatic heterocycles. The average Bonchev–Trinajstić information content (AvgIpc) is 2.83. The van der Waals surface area contributed by atoms with Crippen LogP contribution in [-0.2, 0) is 20.1 Å². The van der Waals surface area contributed by atoms with Crippen molar-refractivity contribution in [1.82, 2.24) is 4.72 Å². The maximum Gasteiger partial charge on any atom is 0.296 e. The van der Waals surface area contributed by atoms with E-state index in [0.717, 1.165) is 6.07 Å². The van der Waals surface area contributed by atoms with Gasteiger partial charge in [-0.2, -0.15) is 8.42 Å². The molecule has 0 saturated carbocycles. The van der Waals surface area contributed by atoms with Crippen molar-refractivity contribution in [2.45, 2.75) is 23.6 Å². The summed E-state index contributed by atoms with van der Waals surface area (Å²) in [6.45, 7) is 2.62. The molecule has 11 nitrogen and oxygen atoms in total. The molecule has 14 heteroatoms. The molecule has 6 N–H and O–H groups in total. The third-order valence-corrected chi connectivity index (χ3v) is 8.55. The SMILES string of the molecule is Cc1cc(Nc2cc(S(=O)(=O)O)c(N)c3c2C(=O)c2ccccc2C3=O)cc(S(=O)(=O)NCCO)c1C.[Na]. The molecule has 0 spiro atoms. The summed E-state index contributed by atoms with van der Waals surface area (Å²) in [5.41, 5.74) is 5.87. The van der Waals surface area contributed by atoms with Gasteiger partial charge >= 0.3 is 0 Å². The summed E-state index contributed by atoms with van der Waals surface area (Å²) in [6, 6.07) is 9.72. The molecular formula is C24H23N3NaO8S2. The van der Waals surface area contributed by atoms with Gasteiger partial charge < -0.3 is 16.2 Å². The summed E-state index contributed by atoms with van der Waals surface area (Å²) in [4.78, 5) is 25.9. The van der Waals surface area contributed by atoms with E-state index in [1.165, 1.54) is 18.2 Å². The van der Waals surface area contributed by atoms with Gasteiger partial charge in [-0.25, -0.2) is 13.1 Å². The maximum absolute atomic E-state index is 13.5. The summed E-state index contributed by atoms with van der Waals surface area (Å²) in [5.74, 6) is -1.31. The number of hydrogen-bond acceptors (Lipinski definition) is 9. The van der Waals surface area contributed by atoms with Crippen molar-refractivity contribution in [3.63, 3.8) is 0 Å². The zero-order chi connectivity index (χ0) is 27.3. The molecule has 4 rings (SSSR count). The van der Waals surface area contributed by atoms with Crippen molar-refractivity contribution in [3.8, 4) is 0 Å². The van der Waals surface area contributed by atoms with E-state index in [-0.39, 0.29) is 74.6 Å². The van der Waals surface area contributed by atoms with E-state index in [4.69, 9.17) is 10.8 Å². The van der Waals surface area contributed by atoms with Crippen LogP contribution in [0.1, 0.15) is 43.0 Å². The second kappa shape index (κ2) is 10.9. The van der Waals surface area contributed by atoms with Crippen LogP contribution >= 0.6 is 0 Å². The minimum Gasteiger partial charge on any atom is -0.397 e. The van der Waals surface area contributed by atoms with Gasteiger partial charge in [0.1, 0.15) is 4.90 Å². The van der Waals surface area contributed by atoms with Crippen LogP contribution in [0.15, 0.2) is 52.3 Å². The van der Waals surface area contributed by atoms with Crippen molar-refractivity contribution < 1.29 is 36.1 Å². The molecule has 0 aromatic heterocycles. The van der Waals surface area contributed by atoms with Gasteiger partial charge in [0, 0.05) is 52.9 Å². The molecule has 3 aromatic carbocycles. The number of carbonyl (C=O) groups excluding carboxylic acids is 2. The first-order valence-electron chi connectivity index (χ1n) is 10.9. The molecule has 0 bridgehead atoms. The van der Waals surface area contributed by atoms with E-state index >= 15 is 0 Å². The van der Waals surface area contributed by atoms with Gasteiger partial charge in [0.2, 0.25) is 10.0 Å². The van der Waals surface area contributed by atoms with Crippen LogP contribution in [-0.4, -0.2) is 80.8 Å². The molecule has 1 aliphatic carbocycles. The first-order chi connectivity index (χ1) is 17.3. The Kier molecular flexibility index (Phi) is 8.56. The summed E-state index contributed by atoms with van der Waals surface area (Å²) < 4.78 is 61.8. The Hall–Kier alpha value is -2.62. The largest absolute Gasteiger partial charge is 0.397 e. The number of hydrogen-bond donors (Lipinski definition) is 5. The first kappa shape index (κ1) is 29.9. The van der Waals surface area contributed by atoms with Gasteiger partial charge in [-0.15, -0.1) is 0 Å². The topological polar surface area (TPSA) is 193 Å². The monoisotopic (exact) mass is 568 g/mol. The predicted octanol–water partition coefficient (Wildman–Crippen LogP) is 1.54. The number of carbonyl (C=O) groups is 2. The first-order valence-corrected chi connectivity index (χ1v) is 13.8. The van der Waals surface area contributed by atoms with E-state index in [1.54, 1.807) is 32.0 Å². The Morgan fingerprint density at radius 1 is 0.895 bits per heavy atom. The van der Waals surface area contributed by atoms with Gasteiger partial charge in [0.25, 0.3) is 10.1 Å². The molecule has 38 heavy (non-hydrogen) atoms. The average molecular weight is 569 g/mol. The number of aliphatic hydroxyl groups excluding tert-OH is 1. The Morgan fingerprint density at radius 2 is 1.47 bits per heavy atom. The van der Waals surface area contributed by atoms with Crippen molar-refractivity contribution in [2.24, 2.45) is 0 Å². The van der Waals surface area contributed by atoms with E-state index in [0.29, 0.717) is 11.1 Å². The Balaban J connectivity index is 0.00000400. The second-order valence-corrected chi connectivity index (χ2v) is 11.6. The van der Waals surface area contributed by atoms with Crippen LogP contribution < -0.4 is 15.8 Å². The number of aliphatic hydroxyl groups is 1. The number of nitrogens with two attached hydrogens (primary N) is 1. The standard InChI is InChI=1S/C24H23N3O8S2.Na/c1-12-9-14(10-18(13(12)2)36(31,32)26-7-8-28)27-17-11-19(37(33,34)35)22(25)21-20(17)23(29)15-5-3-4-6-16(15)24(21)30;/h3-6,9-11,26-28H,7-8,25H2,1-2H3,(H,33,34,35);. The molecule has 1 aliphatic rings. The van der Waals surface area contributed by atoms with Crippen LogP contribution in [0.25, 0.3) is 0 Å². The fourth-order valence-electron chi connectivity index (χ4n) is 4.20. The summed E-state index contributed by atoms with van der Waals surface area (Å²) in [6.07, 6.45) is 0. The molecular weight excluding hydrogens is 545 g/mol. The number of nitrogens with one attached hydrogen (secondary N) is 2. The summed E-state index contributed by atoms with van der Waals surface area (Å²) in [7, 11) is -8.95. The Labute approximate surface area is 241 Å². The molecule has 0 heterocycles. The summed E-state index contributed by atoms with van der Waals surface area (Å²) >= 11 is 0. The zero-order valence-electron chi connectivity index (χ0n) is 20.7.